The number of rotatable bonds is 2. The van der Waals surface area contributed by atoms with Crippen molar-refractivity contribution in [1.82, 2.24) is 9.97 Å². The molecule has 86 valence electrons. The number of nitrogens with zero attached hydrogens (tertiary/aromatic N) is 1. The largest absolute Gasteiger partial charge is 0.375 e. The summed E-state index contributed by atoms with van der Waals surface area (Å²) in [7, 11) is 0. The fourth-order valence-corrected chi connectivity index (χ4v) is 2.86. The fourth-order valence-electron chi connectivity index (χ4n) is 1.86. The van der Waals surface area contributed by atoms with Gasteiger partial charge in [-0.2, -0.15) is 0 Å². The van der Waals surface area contributed by atoms with E-state index in [1.807, 2.05) is 11.6 Å². The molecule has 0 saturated carbocycles. The number of H-pyrrole nitrogens is 1. The summed E-state index contributed by atoms with van der Waals surface area (Å²) in [5, 5.41) is 3.78. The van der Waals surface area contributed by atoms with E-state index in [2.05, 4.69) is 34.4 Å². The second kappa shape index (κ2) is 4.09. The molecule has 0 spiro atoms. The Morgan fingerprint density at radius 2 is 2.29 bits per heavy atom. The van der Waals surface area contributed by atoms with Crippen molar-refractivity contribution in [3.63, 3.8) is 0 Å². The van der Waals surface area contributed by atoms with Crippen LogP contribution in [0.1, 0.15) is 0 Å². The van der Waals surface area contributed by atoms with Crippen LogP contribution in [0.5, 0.6) is 0 Å². The van der Waals surface area contributed by atoms with Crippen LogP contribution in [0.4, 0.5) is 5.13 Å². The van der Waals surface area contributed by atoms with Gasteiger partial charge in [0.2, 0.25) is 0 Å². The number of aromatic nitrogens is 2. The highest BCUT2D eigenvalue weighted by atomic mass is 32.2. The molecule has 2 aromatic heterocycles. The molecule has 0 aliphatic carbocycles. The Labute approximate surface area is 107 Å². The molecule has 0 aliphatic rings. The molecule has 0 unspecified atom stereocenters. The lowest BCUT2D eigenvalue weighted by Gasteiger charge is -1.97. The monoisotopic (exact) mass is 261 g/mol. The second-order valence-electron chi connectivity index (χ2n) is 3.68. The Morgan fingerprint density at radius 1 is 1.41 bits per heavy atom. The van der Waals surface area contributed by atoms with Crippen LogP contribution >= 0.6 is 23.1 Å². The average molecular weight is 261 g/mol. The van der Waals surface area contributed by atoms with E-state index in [0.717, 1.165) is 16.8 Å². The standard InChI is InChI=1S/C12H11N3S2/c1-16-7-2-3-8-9(5-14-10(8)4-7)11-6-17-12(13)15-11/h2-6,14H,1H3,(H2,13,15). The number of hydrogen-bond acceptors (Lipinski definition) is 4. The number of anilines is 1. The van der Waals surface area contributed by atoms with E-state index in [1.165, 1.54) is 21.6 Å². The Kier molecular flexibility index (Phi) is 2.57. The molecule has 1 aromatic carbocycles. The minimum Gasteiger partial charge on any atom is -0.375 e. The van der Waals surface area contributed by atoms with Gasteiger partial charge in [-0.05, 0) is 18.4 Å². The number of nitrogens with two attached hydrogens (primary N) is 1. The van der Waals surface area contributed by atoms with Crippen LogP contribution in [0.2, 0.25) is 0 Å². The molecule has 2 heterocycles. The van der Waals surface area contributed by atoms with Crippen molar-refractivity contribution in [1.29, 1.82) is 0 Å². The lowest BCUT2D eigenvalue weighted by atomic mass is 10.1. The zero-order valence-corrected chi connectivity index (χ0v) is 10.9. The zero-order chi connectivity index (χ0) is 11.8. The fraction of sp³-hybridized carbons (Fsp3) is 0.0833. The van der Waals surface area contributed by atoms with Crippen molar-refractivity contribution >= 4 is 39.1 Å². The summed E-state index contributed by atoms with van der Waals surface area (Å²) < 4.78 is 0. The summed E-state index contributed by atoms with van der Waals surface area (Å²) in [6, 6.07) is 6.40. The van der Waals surface area contributed by atoms with Crippen molar-refractivity contribution < 1.29 is 0 Å². The summed E-state index contributed by atoms with van der Waals surface area (Å²) in [6.07, 6.45) is 4.06. The Hall–Kier alpha value is -1.46. The second-order valence-corrected chi connectivity index (χ2v) is 5.45. The predicted molar refractivity (Wildman–Crippen MR) is 75.6 cm³/mol. The maximum absolute atomic E-state index is 5.67. The van der Waals surface area contributed by atoms with Crippen molar-refractivity contribution in [2.45, 2.75) is 4.90 Å². The summed E-state index contributed by atoms with van der Waals surface area (Å²) in [5.74, 6) is 0. The summed E-state index contributed by atoms with van der Waals surface area (Å²) in [4.78, 5) is 8.85. The third kappa shape index (κ3) is 1.81. The molecule has 3 N–H and O–H groups in total. The lowest BCUT2D eigenvalue weighted by molar-refractivity contribution is 1.40. The average Bonchev–Trinajstić information content (AvgIpc) is 2.93. The molecule has 0 amide bonds. The van der Waals surface area contributed by atoms with Crippen LogP contribution in [-0.2, 0) is 0 Å². The number of hydrogen-bond donors (Lipinski definition) is 2. The number of thiazole rings is 1. The van der Waals surface area contributed by atoms with Gasteiger partial charge in [-0.3, -0.25) is 0 Å². The van der Waals surface area contributed by atoms with Gasteiger partial charge in [-0.25, -0.2) is 4.98 Å². The van der Waals surface area contributed by atoms with Crippen LogP contribution in [0, 0.1) is 0 Å². The van der Waals surface area contributed by atoms with Gasteiger partial charge in [0.15, 0.2) is 5.13 Å². The van der Waals surface area contributed by atoms with E-state index in [9.17, 15) is 0 Å². The number of aromatic amines is 1. The van der Waals surface area contributed by atoms with Gasteiger partial charge in [0, 0.05) is 32.9 Å². The van der Waals surface area contributed by atoms with Gasteiger partial charge in [0.25, 0.3) is 0 Å². The molecule has 17 heavy (non-hydrogen) atoms. The van der Waals surface area contributed by atoms with Gasteiger partial charge in [-0.15, -0.1) is 23.1 Å². The maximum Gasteiger partial charge on any atom is 0.180 e. The summed E-state index contributed by atoms with van der Waals surface area (Å²) in [5.41, 5.74) is 8.86. The van der Waals surface area contributed by atoms with Gasteiger partial charge < -0.3 is 10.7 Å². The normalized spacial score (nSPS) is 11.1. The van der Waals surface area contributed by atoms with Crippen molar-refractivity contribution in [2.75, 3.05) is 12.0 Å². The zero-order valence-electron chi connectivity index (χ0n) is 9.23. The molecule has 0 saturated heterocycles. The summed E-state index contributed by atoms with van der Waals surface area (Å²) >= 11 is 3.21. The highest BCUT2D eigenvalue weighted by Gasteiger charge is 2.09. The molecule has 3 aromatic rings. The predicted octanol–water partition coefficient (Wildman–Crippen LogP) is 3.60. The van der Waals surface area contributed by atoms with E-state index in [4.69, 9.17) is 5.73 Å². The molecule has 5 heteroatoms. The van der Waals surface area contributed by atoms with Crippen molar-refractivity contribution in [3.8, 4) is 11.3 Å². The van der Waals surface area contributed by atoms with Gasteiger partial charge in [0.1, 0.15) is 0 Å². The smallest absolute Gasteiger partial charge is 0.180 e. The van der Waals surface area contributed by atoms with Crippen LogP contribution in [0.15, 0.2) is 34.7 Å². The maximum atomic E-state index is 5.67. The molecular formula is C12H11N3S2. The number of nitrogen functional groups attached to an aromatic ring is 1. The highest BCUT2D eigenvalue weighted by Crippen LogP contribution is 2.31. The molecule has 0 atom stereocenters. The quantitative estimate of drug-likeness (QED) is 0.693. The van der Waals surface area contributed by atoms with E-state index < -0.39 is 0 Å². The third-order valence-corrected chi connectivity index (χ3v) is 4.09. The Balaban J connectivity index is 2.18. The minimum absolute atomic E-state index is 0.607. The molecular weight excluding hydrogens is 250 g/mol. The molecule has 3 nitrogen and oxygen atoms in total. The topological polar surface area (TPSA) is 54.7 Å². The number of benzene rings is 1. The van der Waals surface area contributed by atoms with Gasteiger partial charge >= 0.3 is 0 Å². The molecule has 0 bridgehead atoms. The first-order chi connectivity index (χ1) is 8.28. The third-order valence-electron chi connectivity index (χ3n) is 2.69. The van der Waals surface area contributed by atoms with E-state index in [1.54, 1.807) is 11.8 Å². The Bertz CT molecular complexity index is 669. The number of thioether (sulfide) groups is 1. The van der Waals surface area contributed by atoms with Crippen molar-refractivity contribution in [3.05, 3.63) is 29.8 Å². The van der Waals surface area contributed by atoms with Crippen LogP contribution < -0.4 is 5.73 Å². The van der Waals surface area contributed by atoms with Gasteiger partial charge in [0.05, 0.1) is 5.69 Å². The highest BCUT2D eigenvalue weighted by molar-refractivity contribution is 7.98. The van der Waals surface area contributed by atoms with E-state index >= 15 is 0 Å². The first-order valence-corrected chi connectivity index (χ1v) is 7.25. The minimum atomic E-state index is 0.607. The SMILES string of the molecule is CSc1ccc2c(-c3csc(N)n3)c[nH]c2c1. The first-order valence-electron chi connectivity index (χ1n) is 5.14. The summed E-state index contributed by atoms with van der Waals surface area (Å²) in [6.45, 7) is 0. The van der Waals surface area contributed by atoms with Crippen molar-refractivity contribution in [2.24, 2.45) is 0 Å². The van der Waals surface area contributed by atoms with E-state index in [-0.39, 0.29) is 0 Å². The van der Waals surface area contributed by atoms with Crippen LogP contribution in [-0.4, -0.2) is 16.2 Å². The molecule has 0 aliphatic heterocycles. The van der Waals surface area contributed by atoms with E-state index in [0.29, 0.717) is 5.13 Å². The lowest BCUT2D eigenvalue weighted by Crippen LogP contribution is -1.82. The van der Waals surface area contributed by atoms with Gasteiger partial charge in [-0.1, -0.05) is 6.07 Å². The molecule has 0 fully saturated rings. The van der Waals surface area contributed by atoms with Crippen LogP contribution in [0.25, 0.3) is 22.2 Å². The number of fused-ring (bicyclic) bond motifs is 1. The number of nitrogens with one attached hydrogen (secondary N) is 1. The molecule has 3 rings (SSSR count). The molecule has 0 radical (unpaired) electrons. The first kappa shape index (κ1) is 10.7. The van der Waals surface area contributed by atoms with Crippen LogP contribution in [0.3, 0.4) is 0 Å². The Morgan fingerprint density at radius 3 is 3.00 bits per heavy atom.